The quantitative estimate of drug-likeness (QED) is 0.903. The Morgan fingerprint density at radius 2 is 2.32 bits per heavy atom. The first-order valence-corrected chi connectivity index (χ1v) is 6.61. The van der Waals surface area contributed by atoms with Gasteiger partial charge in [0, 0.05) is 11.6 Å². The first kappa shape index (κ1) is 13.7. The minimum absolute atomic E-state index is 0.0634. The zero-order valence-corrected chi connectivity index (χ0v) is 11.4. The van der Waals surface area contributed by atoms with Gasteiger partial charge in [0.2, 0.25) is 0 Å². The predicted octanol–water partition coefficient (Wildman–Crippen LogP) is 2.90. The van der Waals surface area contributed by atoms with Crippen LogP contribution in [-0.2, 0) is 4.79 Å². The van der Waals surface area contributed by atoms with Crippen LogP contribution < -0.4 is 4.90 Å². The lowest BCUT2D eigenvalue weighted by Gasteiger charge is -2.39. The maximum atomic E-state index is 11.5. The summed E-state index contributed by atoms with van der Waals surface area (Å²) >= 11 is 5.88. The number of halogens is 1. The Hall–Kier alpha value is -1.73. The van der Waals surface area contributed by atoms with Gasteiger partial charge in [-0.2, -0.15) is 5.26 Å². The number of anilines is 1. The SMILES string of the molecule is CC1CCCN(c2ccc(Cl)cc2C#N)C1C(=O)O. The van der Waals surface area contributed by atoms with Crippen molar-refractivity contribution in [3.05, 3.63) is 28.8 Å². The molecule has 1 saturated heterocycles. The Labute approximate surface area is 117 Å². The molecule has 1 heterocycles. The second kappa shape index (κ2) is 5.50. The molecule has 0 radical (unpaired) electrons. The molecule has 19 heavy (non-hydrogen) atoms. The van der Waals surface area contributed by atoms with Crippen LogP contribution in [0.1, 0.15) is 25.3 Å². The van der Waals surface area contributed by atoms with Crippen LogP contribution in [0.2, 0.25) is 5.02 Å². The number of nitriles is 1. The summed E-state index contributed by atoms with van der Waals surface area (Å²) < 4.78 is 0. The molecule has 0 aromatic heterocycles. The molecule has 0 aliphatic carbocycles. The highest BCUT2D eigenvalue weighted by Crippen LogP contribution is 2.32. The molecule has 1 fully saturated rings. The Morgan fingerprint density at radius 3 is 2.95 bits per heavy atom. The highest BCUT2D eigenvalue weighted by molar-refractivity contribution is 6.30. The van der Waals surface area contributed by atoms with E-state index in [1.165, 1.54) is 0 Å². The summed E-state index contributed by atoms with van der Waals surface area (Å²) in [5.41, 5.74) is 1.08. The molecule has 1 N–H and O–H groups in total. The highest BCUT2D eigenvalue weighted by atomic mass is 35.5. The predicted molar refractivity (Wildman–Crippen MR) is 73.3 cm³/mol. The minimum Gasteiger partial charge on any atom is -0.480 e. The molecule has 0 amide bonds. The summed E-state index contributed by atoms with van der Waals surface area (Å²) in [5, 5.41) is 19.1. The molecule has 0 saturated carbocycles. The van der Waals surface area contributed by atoms with Crippen LogP contribution in [0, 0.1) is 17.2 Å². The molecule has 1 aliphatic rings. The molecule has 2 atom stereocenters. The van der Waals surface area contributed by atoms with Crippen molar-refractivity contribution in [3.63, 3.8) is 0 Å². The third kappa shape index (κ3) is 2.66. The number of benzene rings is 1. The lowest BCUT2D eigenvalue weighted by Crippen LogP contribution is -2.49. The highest BCUT2D eigenvalue weighted by Gasteiger charge is 2.35. The van der Waals surface area contributed by atoms with E-state index in [4.69, 9.17) is 11.6 Å². The molecule has 0 bridgehead atoms. The van der Waals surface area contributed by atoms with Crippen molar-refractivity contribution in [1.29, 1.82) is 5.26 Å². The molecule has 0 spiro atoms. The van der Waals surface area contributed by atoms with Gasteiger partial charge in [-0.3, -0.25) is 0 Å². The number of carbonyl (C=O) groups is 1. The van der Waals surface area contributed by atoms with Crippen LogP contribution in [0.25, 0.3) is 0 Å². The van der Waals surface area contributed by atoms with Crippen molar-refractivity contribution in [1.82, 2.24) is 0 Å². The van der Waals surface area contributed by atoms with E-state index in [0.29, 0.717) is 22.8 Å². The number of aliphatic carboxylic acids is 1. The smallest absolute Gasteiger partial charge is 0.326 e. The van der Waals surface area contributed by atoms with Gasteiger partial charge in [-0.15, -0.1) is 0 Å². The third-order valence-electron chi connectivity index (χ3n) is 3.57. The fourth-order valence-electron chi connectivity index (χ4n) is 2.68. The van der Waals surface area contributed by atoms with Gasteiger partial charge < -0.3 is 10.0 Å². The zero-order chi connectivity index (χ0) is 14.0. The summed E-state index contributed by atoms with van der Waals surface area (Å²) in [6, 6.07) is 6.51. The number of carboxylic acids is 1. The second-order valence-corrected chi connectivity index (χ2v) is 5.31. The fourth-order valence-corrected chi connectivity index (χ4v) is 2.86. The van der Waals surface area contributed by atoms with Crippen molar-refractivity contribution < 1.29 is 9.90 Å². The number of piperidine rings is 1. The first-order chi connectivity index (χ1) is 9.04. The topological polar surface area (TPSA) is 64.3 Å². The standard InChI is InChI=1S/C14H15ClN2O2/c1-9-3-2-6-17(13(9)14(18)19)12-5-4-11(15)7-10(12)8-16/h4-5,7,9,13H,2-3,6H2,1H3,(H,18,19). The lowest BCUT2D eigenvalue weighted by molar-refractivity contribution is -0.140. The monoisotopic (exact) mass is 278 g/mol. The number of hydrogen-bond donors (Lipinski definition) is 1. The maximum absolute atomic E-state index is 11.5. The largest absolute Gasteiger partial charge is 0.480 e. The van der Waals surface area contributed by atoms with E-state index < -0.39 is 12.0 Å². The summed E-state index contributed by atoms with van der Waals surface area (Å²) in [4.78, 5) is 13.3. The number of rotatable bonds is 2. The normalized spacial score (nSPS) is 22.9. The lowest BCUT2D eigenvalue weighted by atomic mass is 9.90. The molecule has 100 valence electrons. The Balaban J connectivity index is 2.44. The van der Waals surface area contributed by atoms with Gasteiger partial charge in [0.25, 0.3) is 0 Å². The van der Waals surface area contributed by atoms with Gasteiger partial charge in [-0.1, -0.05) is 18.5 Å². The van der Waals surface area contributed by atoms with Crippen LogP contribution in [0.15, 0.2) is 18.2 Å². The summed E-state index contributed by atoms with van der Waals surface area (Å²) in [5.74, 6) is -0.778. The van der Waals surface area contributed by atoms with Crippen LogP contribution in [-0.4, -0.2) is 23.7 Å². The molecule has 2 rings (SSSR count). The van der Waals surface area contributed by atoms with Crippen molar-refractivity contribution in [2.24, 2.45) is 5.92 Å². The van der Waals surface area contributed by atoms with E-state index in [0.717, 1.165) is 12.8 Å². The maximum Gasteiger partial charge on any atom is 0.326 e. The number of hydrogen-bond acceptors (Lipinski definition) is 3. The van der Waals surface area contributed by atoms with Gasteiger partial charge in [-0.05, 0) is 37.0 Å². The van der Waals surface area contributed by atoms with E-state index in [1.54, 1.807) is 18.2 Å². The van der Waals surface area contributed by atoms with Crippen LogP contribution >= 0.6 is 11.6 Å². The minimum atomic E-state index is -0.842. The molecular formula is C14H15ClN2O2. The van der Waals surface area contributed by atoms with E-state index >= 15 is 0 Å². The van der Waals surface area contributed by atoms with Crippen molar-refractivity contribution in [3.8, 4) is 6.07 Å². The van der Waals surface area contributed by atoms with Gasteiger partial charge in [0.05, 0.1) is 11.3 Å². The Bertz CT molecular complexity index is 539. The molecule has 1 aliphatic heterocycles. The number of nitrogens with zero attached hydrogens (tertiary/aromatic N) is 2. The van der Waals surface area contributed by atoms with Crippen LogP contribution in [0.3, 0.4) is 0 Å². The van der Waals surface area contributed by atoms with Gasteiger partial charge >= 0.3 is 5.97 Å². The van der Waals surface area contributed by atoms with Gasteiger partial charge in [-0.25, -0.2) is 4.79 Å². The van der Waals surface area contributed by atoms with E-state index in [9.17, 15) is 15.2 Å². The molecule has 5 heteroatoms. The summed E-state index contributed by atoms with van der Waals surface area (Å²) in [6.07, 6.45) is 1.82. The fraction of sp³-hybridized carbons (Fsp3) is 0.429. The molecular weight excluding hydrogens is 264 g/mol. The Morgan fingerprint density at radius 1 is 1.58 bits per heavy atom. The van der Waals surface area contributed by atoms with Gasteiger partial charge in [0.1, 0.15) is 12.1 Å². The average Bonchev–Trinajstić information content (AvgIpc) is 2.37. The molecule has 4 nitrogen and oxygen atoms in total. The Kier molecular flexibility index (Phi) is 3.96. The molecule has 2 unspecified atom stereocenters. The first-order valence-electron chi connectivity index (χ1n) is 6.23. The van der Waals surface area contributed by atoms with Crippen molar-refractivity contribution >= 4 is 23.3 Å². The zero-order valence-electron chi connectivity index (χ0n) is 10.6. The third-order valence-corrected chi connectivity index (χ3v) is 3.81. The van der Waals surface area contributed by atoms with E-state index in [2.05, 4.69) is 6.07 Å². The molecule has 1 aromatic rings. The van der Waals surface area contributed by atoms with Crippen molar-refractivity contribution in [2.45, 2.75) is 25.8 Å². The second-order valence-electron chi connectivity index (χ2n) is 4.87. The average molecular weight is 279 g/mol. The summed E-state index contributed by atoms with van der Waals surface area (Å²) in [7, 11) is 0. The van der Waals surface area contributed by atoms with Gasteiger partial charge in [0.15, 0.2) is 0 Å². The molecule has 1 aromatic carbocycles. The van der Waals surface area contributed by atoms with Crippen LogP contribution in [0.4, 0.5) is 5.69 Å². The van der Waals surface area contributed by atoms with Crippen molar-refractivity contribution in [2.75, 3.05) is 11.4 Å². The number of carboxylic acid groups (broad SMARTS) is 1. The van der Waals surface area contributed by atoms with E-state index in [1.807, 2.05) is 11.8 Å². The van der Waals surface area contributed by atoms with Crippen LogP contribution in [0.5, 0.6) is 0 Å². The summed E-state index contributed by atoms with van der Waals surface area (Å²) in [6.45, 7) is 2.59. The van der Waals surface area contributed by atoms with E-state index in [-0.39, 0.29) is 5.92 Å².